The second-order valence-corrected chi connectivity index (χ2v) is 5.28. The Morgan fingerprint density at radius 1 is 1.22 bits per heavy atom. The van der Waals surface area contributed by atoms with Crippen LogP contribution in [0.15, 0.2) is 36.7 Å². The summed E-state index contributed by atoms with van der Waals surface area (Å²) in [7, 11) is 0. The van der Waals surface area contributed by atoms with Crippen molar-refractivity contribution in [1.29, 1.82) is 0 Å². The standard InChI is InChI=1S/C16H20N2/c1-4-14(11-17-9-2-3-13-6-7-13)16-8-10-18-12-15(16)5-1/h1,4-5,8,10,12-13,17H,2-3,6-7,9,11H2. The van der Waals surface area contributed by atoms with Gasteiger partial charge in [-0.2, -0.15) is 0 Å². The summed E-state index contributed by atoms with van der Waals surface area (Å²) in [6, 6.07) is 8.55. The number of nitrogens with one attached hydrogen (secondary N) is 1. The molecule has 0 amide bonds. The number of fused-ring (bicyclic) bond motifs is 1. The third kappa shape index (κ3) is 2.88. The molecule has 2 heteroatoms. The second-order valence-electron chi connectivity index (χ2n) is 5.28. The Bertz CT molecular complexity index is 512. The number of rotatable bonds is 6. The molecule has 1 aromatic heterocycles. The molecule has 2 nitrogen and oxygen atoms in total. The van der Waals surface area contributed by atoms with Crippen LogP contribution in [0.25, 0.3) is 10.8 Å². The molecule has 0 radical (unpaired) electrons. The average Bonchev–Trinajstić information content (AvgIpc) is 3.23. The van der Waals surface area contributed by atoms with Gasteiger partial charge in [0.25, 0.3) is 0 Å². The van der Waals surface area contributed by atoms with Gasteiger partial charge in [0.05, 0.1) is 0 Å². The van der Waals surface area contributed by atoms with Crippen LogP contribution in [0.2, 0.25) is 0 Å². The summed E-state index contributed by atoms with van der Waals surface area (Å²) in [5.41, 5.74) is 1.38. The Hall–Kier alpha value is -1.41. The molecule has 1 heterocycles. The molecular formula is C16H20N2. The van der Waals surface area contributed by atoms with Crippen LogP contribution < -0.4 is 5.32 Å². The van der Waals surface area contributed by atoms with E-state index in [1.807, 2.05) is 12.4 Å². The summed E-state index contributed by atoms with van der Waals surface area (Å²) >= 11 is 0. The fraction of sp³-hybridized carbons (Fsp3) is 0.438. The van der Waals surface area contributed by atoms with Crippen LogP contribution >= 0.6 is 0 Å². The van der Waals surface area contributed by atoms with Crippen molar-refractivity contribution in [3.05, 3.63) is 42.2 Å². The first-order valence-corrected chi connectivity index (χ1v) is 6.96. The Morgan fingerprint density at radius 2 is 2.17 bits per heavy atom. The van der Waals surface area contributed by atoms with Crippen molar-refractivity contribution >= 4 is 10.8 Å². The van der Waals surface area contributed by atoms with E-state index in [1.54, 1.807) is 0 Å². The third-order valence-electron chi connectivity index (χ3n) is 3.75. The molecule has 2 aromatic rings. The summed E-state index contributed by atoms with van der Waals surface area (Å²) in [5.74, 6) is 1.05. The summed E-state index contributed by atoms with van der Waals surface area (Å²) in [5, 5.41) is 6.11. The largest absolute Gasteiger partial charge is 0.313 e. The average molecular weight is 240 g/mol. The number of nitrogens with zero attached hydrogens (tertiary/aromatic N) is 1. The number of benzene rings is 1. The number of hydrogen-bond donors (Lipinski definition) is 1. The van der Waals surface area contributed by atoms with E-state index >= 15 is 0 Å². The molecule has 3 rings (SSSR count). The highest BCUT2D eigenvalue weighted by Gasteiger charge is 2.19. The second kappa shape index (κ2) is 5.49. The maximum Gasteiger partial charge on any atom is 0.0346 e. The van der Waals surface area contributed by atoms with Gasteiger partial charge in [-0.1, -0.05) is 31.0 Å². The maximum atomic E-state index is 4.17. The molecule has 0 spiro atoms. The van der Waals surface area contributed by atoms with E-state index in [4.69, 9.17) is 0 Å². The molecule has 0 unspecified atom stereocenters. The highest BCUT2D eigenvalue weighted by molar-refractivity contribution is 5.84. The molecule has 1 saturated carbocycles. The predicted molar refractivity (Wildman–Crippen MR) is 75.4 cm³/mol. The van der Waals surface area contributed by atoms with Gasteiger partial charge in [0, 0.05) is 24.3 Å². The third-order valence-corrected chi connectivity index (χ3v) is 3.75. The fourth-order valence-corrected chi connectivity index (χ4v) is 2.49. The first kappa shape index (κ1) is 11.7. The first-order chi connectivity index (χ1) is 8.93. The lowest BCUT2D eigenvalue weighted by Crippen LogP contribution is -2.15. The van der Waals surface area contributed by atoms with Crippen LogP contribution in [0.5, 0.6) is 0 Å². The molecule has 0 saturated heterocycles. The lowest BCUT2D eigenvalue weighted by molar-refractivity contribution is 0.595. The molecular weight excluding hydrogens is 220 g/mol. The van der Waals surface area contributed by atoms with Gasteiger partial charge < -0.3 is 5.32 Å². The number of hydrogen-bond acceptors (Lipinski definition) is 2. The number of pyridine rings is 1. The Balaban J connectivity index is 1.56. The van der Waals surface area contributed by atoms with Crippen LogP contribution in [0.4, 0.5) is 0 Å². The Labute approximate surface area is 108 Å². The number of aromatic nitrogens is 1. The zero-order valence-electron chi connectivity index (χ0n) is 10.7. The van der Waals surface area contributed by atoms with E-state index in [-0.39, 0.29) is 0 Å². The molecule has 1 N–H and O–H groups in total. The minimum Gasteiger partial charge on any atom is -0.313 e. The van der Waals surface area contributed by atoms with Gasteiger partial charge in [0.2, 0.25) is 0 Å². The zero-order chi connectivity index (χ0) is 12.2. The summed E-state index contributed by atoms with van der Waals surface area (Å²) in [6.07, 6.45) is 9.47. The van der Waals surface area contributed by atoms with Gasteiger partial charge in [-0.05, 0) is 42.3 Å². The molecule has 0 atom stereocenters. The topological polar surface area (TPSA) is 24.9 Å². The summed E-state index contributed by atoms with van der Waals surface area (Å²) in [6.45, 7) is 2.10. The Morgan fingerprint density at radius 3 is 3.06 bits per heavy atom. The van der Waals surface area contributed by atoms with Gasteiger partial charge in [-0.25, -0.2) is 0 Å². The van der Waals surface area contributed by atoms with Crippen molar-refractivity contribution in [2.24, 2.45) is 5.92 Å². The molecule has 1 aliphatic carbocycles. The molecule has 1 aliphatic rings. The maximum absolute atomic E-state index is 4.17. The van der Waals surface area contributed by atoms with Crippen molar-refractivity contribution in [2.45, 2.75) is 32.2 Å². The van der Waals surface area contributed by atoms with Crippen LogP contribution in [0, 0.1) is 5.92 Å². The van der Waals surface area contributed by atoms with Gasteiger partial charge in [-0.3, -0.25) is 4.98 Å². The monoisotopic (exact) mass is 240 g/mol. The highest BCUT2D eigenvalue weighted by Crippen LogP contribution is 2.33. The van der Waals surface area contributed by atoms with Crippen LogP contribution in [0.3, 0.4) is 0 Å². The molecule has 18 heavy (non-hydrogen) atoms. The molecule has 0 aliphatic heterocycles. The SMILES string of the molecule is c1cc(CNCCCC2CC2)c2ccncc2c1. The van der Waals surface area contributed by atoms with E-state index in [1.165, 1.54) is 42.0 Å². The van der Waals surface area contributed by atoms with Crippen LogP contribution in [0.1, 0.15) is 31.2 Å². The van der Waals surface area contributed by atoms with E-state index in [0.717, 1.165) is 19.0 Å². The van der Waals surface area contributed by atoms with Gasteiger partial charge >= 0.3 is 0 Å². The Kier molecular flexibility index (Phi) is 3.56. The first-order valence-electron chi connectivity index (χ1n) is 6.96. The lowest BCUT2D eigenvalue weighted by Gasteiger charge is -2.07. The van der Waals surface area contributed by atoms with E-state index in [0.29, 0.717) is 0 Å². The minimum absolute atomic E-state index is 0.964. The van der Waals surface area contributed by atoms with Crippen molar-refractivity contribution in [1.82, 2.24) is 10.3 Å². The van der Waals surface area contributed by atoms with E-state index in [2.05, 4.69) is 34.6 Å². The van der Waals surface area contributed by atoms with E-state index < -0.39 is 0 Å². The lowest BCUT2D eigenvalue weighted by atomic mass is 10.1. The van der Waals surface area contributed by atoms with Gasteiger partial charge in [0.15, 0.2) is 0 Å². The van der Waals surface area contributed by atoms with E-state index in [9.17, 15) is 0 Å². The smallest absolute Gasteiger partial charge is 0.0346 e. The predicted octanol–water partition coefficient (Wildman–Crippen LogP) is 3.51. The summed E-state index contributed by atoms with van der Waals surface area (Å²) in [4.78, 5) is 4.17. The van der Waals surface area contributed by atoms with Gasteiger partial charge in [-0.15, -0.1) is 0 Å². The van der Waals surface area contributed by atoms with Crippen molar-refractivity contribution in [2.75, 3.05) is 6.54 Å². The molecule has 0 bridgehead atoms. The van der Waals surface area contributed by atoms with Crippen molar-refractivity contribution in [3.8, 4) is 0 Å². The van der Waals surface area contributed by atoms with Crippen molar-refractivity contribution < 1.29 is 0 Å². The normalized spacial score (nSPS) is 15.1. The van der Waals surface area contributed by atoms with Crippen molar-refractivity contribution in [3.63, 3.8) is 0 Å². The minimum atomic E-state index is 0.964. The molecule has 1 fully saturated rings. The summed E-state index contributed by atoms with van der Waals surface area (Å²) < 4.78 is 0. The molecule has 1 aromatic carbocycles. The highest BCUT2D eigenvalue weighted by atomic mass is 14.8. The van der Waals surface area contributed by atoms with Crippen LogP contribution in [-0.4, -0.2) is 11.5 Å². The molecule has 94 valence electrons. The fourth-order valence-electron chi connectivity index (χ4n) is 2.49. The zero-order valence-corrected chi connectivity index (χ0v) is 10.7. The van der Waals surface area contributed by atoms with Crippen LogP contribution in [-0.2, 0) is 6.54 Å². The van der Waals surface area contributed by atoms with Gasteiger partial charge in [0.1, 0.15) is 0 Å². The quantitative estimate of drug-likeness (QED) is 0.781.